The highest BCUT2D eigenvalue weighted by molar-refractivity contribution is 5.83. The van der Waals surface area contributed by atoms with Crippen molar-refractivity contribution >= 4 is 5.84 Å². The van der Waals surface area contributed by atoms with Crippen molar-refractivity contribution in [1.29, 1.82) is 0 Å². The van der Waals surface area contributed by atoms with E-state index < -0.39 is 0 Å². The molecule has 76 valence electrons. The Morgan fingerprint density at radius 1 is 1.54 bits per heavy atom. The van der Waals surface area contributed by atoms with Gasteiger partial charge in [0.25, 0.3) is 0 Å². The number of aliphatic hydroxyl groups excluding tert-OH is 1. The SMILES string of the molecule is CC(C)CC(O)CNC1=NCCC1. The zero-order valence-corrected chi connectivity index (χ0v) is 8.58. The van der Waals surface area contributed by atoms with Gasteiger partial charge in [0, 0.05) is 19.5 Å². The van der Waals surface area contributed by atoms with Gasteiger partial charge in [-0.1, -0.05) is 13.8 Å². The first kappa shape index (κ1) is 10.5. The van der Waals surface area contributed by atoms with Crippen molar-refractivity contribution < 1.29 is 5.11 Å². The lowest BCUT2D eigenvalue weighted by Gasteiger charge is -2.14. The van der Waals surface area contributed by atoms with Gasteiger partial charge in [0.15, 0.2) is 0 Å². The Morgan fingerprint density at radius 3 is 2.85 bits per heavy atom. The summed E-state index contributed by atoms with van der Waals surface area (Å²) in [6.07, 6.45) is 2.83. The number of nitrogens with one attached hydrogen (secondary N) is 1. The Kier molecular flexibility index (Phi) is 4.22. The highest BCUT2D eigenvalue weighted by atomic mass is 16.3. The van der Waals surface area contributed by atoms with Gasteiger partial charge in [0.2, 0.25) is 0 Å². The van der Waals surface area contributed by atoms with Gasteiger partial charge in [0.1, 0.15) is 0 Å². The van der Waals surface area contributed by atoms with Crippen molar-refractivity contribution in [2.24, 2.45) is 10.9 Å². The summed E-state index contributed by atoms with van der Waals surface area (Å²) in [7, 11) is 0. The van der Waals surface area contributed by atoms with Gasteiger partial charge in [-0.25, -0.2) is 0 Å². The number of hydrogen-bond donors (Lipinski definition) is 2. The summed E-state index contributed by atoms with van der Waals surface area (Å²) >= 11 is 0. The van der Waals surface area contributed by atoms with Crippen LogP contribution in [0.1, 0.15) is 33.1 Å². The highest BCUT2D eigenvalue weighted by Crippen LogP contribution is 2.05. The standard InChI is InChI=1S/C10H20N2O/c1-8(2)6-9(13)7-12-10-4-3-5-11-10/h8-9,13H,3-7H2,1-2H3,(H,11,12). The molecular weight excluding hydrogens is 164 g/mol. The minimum atomic E-state index is -0.233. The maximum atomic E-state index is 9.56. The van der Waals surface area contributed by atoms with Crippen LogP contribution < -0.4 is 5.32 Å². The van der Waals surface area contributed by atoms with Crippen molar-refractivity contribution in [1.82, 2.24) is 5.32 Å². The van der Waals surface area contributed by atoms with Crippen LogP contribution in [0.2, 0.25) is 0 Å². The van der Waals surface area contributed by atoms with Crippen LogP contribution >= 0.6 is 0 Å². The van der Waals surface area contributed by atoms with E-state index in [9.17, 15) is 5.11 Å². The summed E-state index contributed by atoms with van der Waals surface area (Å²) in [6, 6.07) is 0. The van der Waals surface area contributed by atoms with E-state index in [4.69, 9.17) is 0 Å². The van der Waals surface area contributed by atoms with Crippen LogP contribution in [-0.2, 0) is 0 Å². The lowest BCUT2D eigenvalue weighted by molar-refractivity contribution is 0.152. The second kappa shape index (κ2) is 5.22. The molecule has 1 atom stereocenters. The summed E-state index contributed by atoms with van der Waals surface area (Å²) in [5.41, 5.74) is 0. The molecule has 3 nitrogen and oxygen atoms in total. The van der Waals surface area contributed by atoms with E-state index in [1.54, 1.807) is 0 Å². The van der Waals surface area contributed by atoms with Crippen LogP contribution in [0.3, 0.4) is 0 Å². The molecule has 1 unspecified atom stereocenters. The van der Waals surface area contributed by atoms with Crippen molar-refractivity contribution in [3.8, 4) is 0 Å². The number of hydrogen-bond acceptors (Lipinski definition) is 3. The first-order valence-electron chi connectivity index (χ1n) is 5.13. The molecule has 0 bridgehead atoms. The van der Waals surface area contributed by atoms with Crippen LogP contribution in [0.15, 0.2) is 4.99 Å². The molecule has 0 saturated carbocycles. The van der Waals surface area contributed by atoms with Crippen LogP contribution in [0, 0.1) is 5.92 Å². The monoisotopic (exact) mass is 184 g/mol. The van der Waals surface area contributed by atoms with Gasteiger partial charge in [0.05, 0.1) is 11.9 Å². The van der Waals surface area contributed by atoms with Gasteiger partial charge in [-0.2, -0.15) is 0 Å². The highest BCUT2D eigenvalue weighted by Gasteiger charge is 2.09. The van der Waals surface area contributed by atoms with Crippen LogP contribution in [0.25, 0.3) is 0 Å². The topological polar surface area (TPSA) is 44.6 Å². The molecule has 13 heavy (non-hydrogen) atoms. The molecule has 0 radical (unpaired) electrons. The predicted molar refractivity (Wildman–Crippen MR) is 55.0 cm³/mol. The Labute approximate surface area is 80.3 Å². The molecule has 1 aliphatic heterocycles. The average Bonchev–Trinajstić information content (AvgIpc) is 2.51. The third-order valence-electron chi connectivity index (χ3n) is 2.16. The molecule has 2 N–H and O–H groups in total. The number of amidine groups is 1. The van der Waals surface area contributed by atoms with Crippen molar-refractivity contribution in [3.63, 3.8) is 0 Å². The second-order valence-corrected chi connectivity index (χ2v) is 4.10. The largest absolute Gasteiger partial charge is 0.391 e. The van der Waals surface area contributed by atoms with Gasteiger partial charge in [-0.3, -0.25) is 4.99 Å². The Bertz CT molecular complexity index is 178. The molecule has 0 saturated heterocycles. The zero-order valence-electron chi connectivity index (χ0n) is 8.58. The second-order valence-electron chi connectivity index (χ2n) is 4.10. The molecule has 0 aromatic rings. The first-order valence-corrected chi connectivity index (χ1v) is 5.13. The van der Waals surface area contributed by atoms with Gasteiger partial charge in [-0.15, -0.1) is 0 Å². The van der Waals surface area contributed by atoms with E-state index in [0.717, 1.165) is 31.6 Å². The van der Waals surface area contributed by atoms with Crippen LogP contribution in [0.5, 0.6) is 0 Å². The molecule has 0 spiro atoms. The third-order valence-corrected chi connectivity index (χ3v) is 2.16. The fourth-order valence-electron chi connectivity index (χ4n) is 1.55. The molecule has 0 aromatic carbocycles. The Hall–Kier alpha value is -0.570. The first-order chi connectivity index (χ1) is 6.18. The fourth-order valence-corrected chi connectivity index (χ4v) is 1.55. The molecular formula is C10H20N2O. The van der Waals surface area contributed by atoms with E-state index >= 15 is 0 Å². The van der Waals surface area contributed by atoms with E-state index in [1.807, 2.05) is 0 Å². The molecule has 1 rings (SSSR count). The van der Waals surface area contributed by atoms with Gasteiger partial charge >= 0.3 is 0 Å². The van der Waals surface area contributed by atoms with Crippen LogP contribution in [0.4, 0.5) is 0 Å². The summed E-state index contributed by atoms with van der Waals surface area (Å²) in [5.74, 6) is 1.63. The van der Waals surface area contributed by atoms with E-state index in [1.165, 1.54) is 0 Å². The lowest BCUT2D eigenvalue weighted by Crippen LogP contribution is -2.31. The van der Waals surface area contributed by atoms with Gasteiger partial charge < -0.3 is 10.4 Å². The zero-order chi connectivity index (χ0) is 9.68. The summed E-state index contributed by atoms with van der Waals surface area (Å²) < 4.78 is 0. The number of rotatable bonds is 4. The maximum absolute atomic E-state index is 9.56. The molecule has 1 aliphatic rings. The van der Waals surface area contributed by atoms with Crippen molar-refractivity contribution in [2.45, 2.75) is 39.2 Å². The van der Waals surface area contributed by atoms with Gasteiger partial charge in [-0.05, 0) is 18.8 Å². The molecule has 0 aliphatic carbocycles. The Morgan fingerprint density at radius 2 is 2.31 bits per heavy atom. The summed E-state index contributed by atoms with van der Waals surface area (Å²) in [5, 5.41) is 12.7. The smallest absolute Gasteiger partial charge is 0.0964 e. The van der Waals surface area contributed by atoms with E-state index in [-0.39, 0.29) is 6.10 Å². The molecule has 0 aromatic heterocycles. The molecule has 0 fully saturated rings. The normalized spacial score (nSPS) is 18.9. The Balaban J connectivity index is 2.10. The van der Waals surface area contributed by atoms with E-state index in [2.05, 4.69) is 24.2 Å². The predicted octanol–water partition coefficient (Wildman–Crippen LogP) is 1.18. The fraction of sp³-hybridized carbons (Fsp3) is 0.900. The number of nitrogens with zero attached hydrogens (tertiary/aromatic N) is 1. The van der Waals surface area contributed by atoms with E-state index in [0.29, 0.717) is 12.5 Å². The summed E-state index contributed by atoms with van der Waals surface area (Å²) in [6.45, 7) is 5.84. The quantitative estimate of drug-likeness (QED) is 0.689. The average molecular weight is 184 g/mol. The molecule has 3 heteroatoms. The van der Waals surface area contributed by atoms with Crippen molar-refractivity contribution in [3.05, 3.63) is 0 Å². The minimum Gasteiger partial charge on any atom is -0.391 e. The van der Waals surface area contributed by atoms with Crippen molar-refractivity contribution in [2.75, 3.05) is 13.1 Å². The summed E-state index contributed by atoms with van der Waals surface area (Å²) in [4.78, 5) is 4.28. The number of aliphatic imine (C=N–C) groups is 1. The minimum absolute atomic E-state index is 0.233. The lowest BCUT2D eigenvalue weighted by atomic mass is 10.1. The number of aliphatic hydroxyl groups is 1. The third kappa shape index (κ3) is 4.27. The maximum Gasteiger partial charge on any atom is 0.0964 e. The van der Waals surface area contributed by atoms with Crippen LogP contribution in [-0.4, -0.2) is 30.1 Å². The molecule has 0 amide bonds. The molecule has 1 heterocycles.